The first-order valence-corrected chi connectivity index (χ1v) is 10.6. The summed E-state index contributed by atoms with van der Waals surface area (Å²) < 4.78 is 18.4. The molecule has 0 aliphatic carbocycles. The van der Waals surface area contributed by atoms with Crippen molar-refractivity contribution >= 4 is 46.6 Å². The fourth-order valence-electron chi connectivity index (χ4n) is 2.66. The molecule has 5 nitrogen and oxygen atoms in total. The highest BCUT2D eigenvalue weighted by Gasteiger charge is 2.15. The van der Waals surface area contributed by atoms with Crippen LogP contribution in [0.2, 0.25) is 5.02 Å². The van der Waals surface area contributed by atoms with Gasteiger partial charge in [0.15, 0.2) is 0 Å². The first-order chi connectivity index (χ1) is 14.9. The number of benzene rings is 3. The molecule has 1 unspecified atom stereocenters. The second-order valence-corrected chi connectivity index (χ2v) is 8.41. The molecule has 0 saturated carbocycles. The molecule has 160 valence electrons. The van der Waals surface area contributed by atoms with Crippen molar-refractivity contribution in [1.29, 1.82) is 0 Å². The highest BCUT2D eigenvalue weighted by Crippen LogP contribution is 2.27. The SMILES string of the molecule is COc1cccc(C(=O)Nc2ccc(SC(C)C(=O)Nc3ccc(F)c(Cl)c3)cc2)c1. The van der Waals surface area contributed by atoms with E-state index in [1.807, 2.05) is 12.1 Å². The van der Waals surface area contributed by atoms with Crippen LogP contribution in [0.3, 0.4) is 0 Å². The van der Waals surface area contributed by atoms with E-state index in [0.29, 0.717) is 22.7 Å². The Hall–Kier alpha value is -3.03. The number of rotatable bonds is 7. The minimum atomic E-state index is -0.541. The lowest BCUT2D eigenvalue weighted by Gasteiger charge is -2.13. The third kappa shape index (κ3) is 6.23. The van der Waals surface area contributed by atoms with E-state index in [9.17, 15) is 14.0 Å². The van der Waals surface area contributed by atoms with E-state index in [0.717, 1.165) is 4.90 Å². The second kappa shape index (κ2) is 10.3. The maximum Gasteiger partial charge on any atom is 0.255 e. The zero-order chi connectivity index (χ0) is 22.4. The molecule has 0 radical (unpaired) electrons. The number of amides is 2. The minimum Gasteiger partial charge on any atom is -0.497 e. The first kappa shape index (κ1) is 22.7. The van der Waals surface area contributed by atoms with E-state index in [1.165, 1.54) is 30.0 Å². The normalized spacial score (nSPS) is 11.5. The van der Waals surface area contributed by atoms with Crippen molar-refractivity contribution in [2.45, 2.75) is 17.1 Å². The third-order valence-corrected chi connectivity index (χ3v) is 5.71. The van der Waals surface area contributed by atoms with Crippen LogP contribution in [-0.4, -0.2) is 24.2 Å². The topological polar surface area (TPSA) is 67.4 Å². The van der Waals surface area contributed by atoms with Crippen molar-refractivity contribution < 1.29 is 18.7 Å². The summed E-state index contributed by atoms with van der Waals surface area (Å²) in [4.78, 5) is 25.7. The van der Waals surface area contributed by atoms with E-state index < -0.39 is 11.1 Å². The molecule has 3 aromatic rings. The average molecular weight is 459 g/mol. The van der Waals surface area contributed by atoms with Gasteiger partial charge in [0.25, 0.3) is 5.91 Å². The Bertz CT molecular complexity index is 1090. The molecule has 0 spiro atoms. The third-order valence-electron chi connectivity index (χ3n) is 4.31. The molecular formula is C23H20ClFN2O3S. The second-order valence-electron chi connectivity index (χ2n) is 6.59. The van der Waals surface area contributed by atoms with Crippen LogP contribution in [-0.2, 0) is 4.79 Å². The van der Waals surface area contributed by atoms with Crippen molar-refractivity contribution in [1.82, 2.24) is 0 Å². The lowest BCUT2D eigenvalue weighted by molar-refractivity contribution is -0.115. The van der Waals surface area contributed by atoms with Gasteiger partial charge in [-0.25, -0.2) is 4.39 Å². The summed E-state index contributed by atoms with van der Waals surface area (Å²) in [6, 6.07) is 18.1. The van der Waals surface area contributed by atoms with E-state index >= 15 is 0 Å². The standard InChI is InChI=1S/C23H20ClFN2O3S/c1-14(22(28)27-17-8-11-21(25)20(24)13-17)31-19-9-6-16(7-10-19)26-23(29)15-4-3-5-18(12-15)30-2/h3-14H,1-2H3,(H,26,29)(H,27,28). The van der Waals surface area contributed by atoms with Crippen LogP contribution in [0, 0.1) is 5.82 Å². The van der Waals surface area contributed by atoms with Crippen molar-refractivity contribution in [3.63, 3.8) is 0 Å². The molecule has 0 heterocycles. The quantitative estimate of drug-likeness (QED) is 0.435. The number of anilines is 2. The van der Waals surface area contributed by atoms with Gasteiger partial charge >= 0.3 is 0 Å². The maximum absolute atomic E-state index is 13.2. The molecular weight excluding hydrogens is 439 g/mol. The molecule has 0 saturated heterocycles. The average Bonchev–Trinajstić information content (AvgIpc) is 2.77. The number of ether oxygens (including phenoxy) is 1. The summed E-state index contributed by atoms with van der Waals surface area (Å²) in [5.74, 6) is -0.414. The van der Waals surface area contributed by atoms with E-state index in [1.54, 1.807) is 50.4 Å². The minimum absolute atomic E-state index is 0.0512. The highest BCUT2D eigenvalue weighted by atomic mass is 35.5. The monoisotopic (exact) mass is 458 g/mol. The van der Waals surface area contributed by atoms with E-state index in [-0.39, 0.29) is 16.8 Å². The number of thioether (sulfide) groups is 1. The lowest BCUT2D eigenvalue weighted by atomic mass is 10.2. The zero-order valence-corrected chi connectivity index (χ0v) is 18.4. The number of hydrogen-bond donors (Lipinski definition) is 2. The lowest BCUT2D eigenvalue weighted by Crippen LogP contribution is -2.22. The molecule has 31 heavy (non-hydrogen) atoms. The van der Waals surface area contributed by atoms with Crippen LogP contribution in [0.1, 0.15) is 17.3 Å². The van der Waals surface area contributed by atoms with Gasteiger partial charge in [0, 0.05) is 21.8 Å². The summed E-state index contributed by atoms with van der Waals surface area (Å²) >= 11 is 7.10. The van der Waals surface area contributed by atoms with Crippen LogP contribution in [0.4, 0.5) is 15.8 Å². The zero-order valence-electron chi connectivity index (χ0n) is 16.8. The Kier molecular flexibility index (Phi) is 7.55. The predicted octanol–water partition coefficient (Wildman–Crippen LogP) is 5.86. The number of carbonyl (C=O) groups excluding carboxylic acids is 2. The van der Waals surface area contributed by atoms with E-state index in [4.69, 9.17) is 16.3 Å². The van der Waals surface area contributed by atoms with Crippen LogP contribution < -0.4 is 15.4 Å². The molecule has 1 atom stereocenters. The van der Waals surface area contributed by atoms with Gasteiger partial charge in [-0.2, -0.15) is 0 Å². The van der Waals surface area contributed by atoms with Gasteiger partial charge in [0.05, 0.1) is 17.4 Å². The van der Waals surface area contributed by atoms with Crippen LogP contribution >= 0.6 is 23.4 Å². The summed E-state index contributed by atoms with van der Waals surface area (Å²) in [5.41, 5.74) is 1.55. The maximum atomic E-state index is 13.2. The number of methoxy groups -OCH3 is 1. The molecule has 0 bridgehead atoms. The predicted molar refractivity (Wildman–Crippen MR) is 123 cm³/mol. The Balaban J connectivity index is 1.57. The van der Waals surface area contributed by atoms with Crippen LogP contribution in [0.15, 0.2) is 71.6 Å². The molecule has 0 aliphatic heterocycles. The van der Waals surface area contributed by atoms with Gasteiger partial charge in [-0.1, -0.05) is 17.7 Å². The Labute approximate surface area is 188 Å². The molecule has 0 fully saturated rings. The summed E-state index contributed by atoms with van der Waals surface area (Å²) in [6.07, 6.45) is 0. The van der Waals surface area contributed by atoms with Gasteiger partial charge in [-0.3, -0.25) is 9.59 Å². The number of hydrogen-bond acceptors (Lipinski definition) is 4. The van der Waals surface area contributed by atoms with Crippen molar-refractivity contribution in [2.24, 2.45) is 0 Å². The number of carbonyl (C=O) groups is 2. The molecule has 0 aromatic heterocycles. The van der Waals surface area contributed by atoms with Gasteiger partial charge in [0.2, 0.25) is 5.91 Å². The van der Waals surface area contributed by atoms with Crippen LogP contribution in [0.25, 0.3) is 0 Å². The molecule has 8 heteroatoms. The van der Waals surface area contributed by atoms with E-state index in [2.05, 4.69) is 10.6 Å². The Morgan fingerprint density at radius 1 is 1.00 bits per heavy atom. The fraction of sp³-hybridized carbons (Fsp3) is 0.130. The molecule has 0 aliphatic rings. The van der Waals surface area contributed by atoms with Gasteiger partial charge in [0.1, 0.15) is 11.6 Å². The Morgan fingerprint density at radius 2 is 1.71 bits per heavy atom. The summed E-state index contributed by atoms with van der Waals surface area (Å²) in [6.45, 7) is 1.77. The fourth-order valence-corrected chi connectivity index (χ4v) is 3.71. The van der Waals surface area contributed by atoms with Gasteiger partial charge in [-0.15, -0.1) is 11.8 Å². The van der Waals surface area contributed by atoms with Crippen molar-refractivity contribution in [3.8, 4) is 5.75 Å². The summed E-state index contributed by atoms with van der Waals surface area (Å²) in [7, 11) is 1.55. The summed E-state index contributed by atoms with van der Waals surface area (Å²) in [5, 5.41) is 5.09. The van der Waals surface area contributed by atoms with Gasteiger partial charge in [-0.05, 0) is 67.6 Å². The number of nitrogens with one attached hydrogen (secondary N) is 2. The Morgan fingerprint density at radius 3 is 2.39 bits per heavy atom. The largest absolute Gasteiger partial charge is 0.497 e. The van der Waals surface area contributed by atoms with Crippen molar-refractivity contribution in [3.05, 3.63) is 83.1 Å². The molecule has 2 amide bonds. The van der Waals surface area contributed by atoms with Crippen LogP contribution in [0.5, 0.6) is 5.75 Å². The molecule has 2 N–H and O–H groups in total. The van der Waals surface area contributed by atoms with Crippen molar-refractivity contribution in [2.75, 3.05) is 17.7 Å². The van der Waals surface area contributed by atoms with Gasteiger partial charge < -0.3 is 15.4 Å². The molecule has 3 rings (SSSR count). The number of halogens is 2. The first-order valence-electron chi connectivity index (χ1n) is 9.34. The highest BCUT2D eigenvalue weighted by molar-refractivity contribution is 8.00. The smallest absolute Gasteiger partial charge is 0.255 e. The molecule has 3 aromatic carbocycles.